The summed E-state index contributed by atoms with van der Waals surface area (Å²) in [4.78, 5) is 37.2. The monoisotopic (exact) mass is 628 g/mol. The van der Waals surface area contributed by atoms with E-state index in [1.165, 1.54) is 13.8 Å². The number of carboxylic acids is 2. The number of fused-ring (bicyclic) bond motifs is 7. The Morgan fingerprint density at radius 1 is 0.818 bits per heavy atom. The van der Waals surface area contributed by atoms with Crippen LogP contribution in [-0.4, -0.2) is 24.0 Å². The van der Waals surface area contributed by atoms with Crippen molar-refractivity contribution in [1.29, 1.82) is 0 Å². The Hall–Kier alpha value is 0.150. The largest absolute Gasteiger partial charge is 1.00 e. The fourth-order valence-electron chi connectivity index (χ4n) is 12.3. The minimum atomic E-state index is -1.26. The first-order valence-electron chi connectivity index (χ1n) is 16.6. The van der Waals surface area contributed by atoms with Gasteiger partial charge in [0.05, 0.1) is 6.42 Å². The minimum absolute atomic E-state index is 0. The van der Waals surface area contributed by atoms with Gasteiger partial charge >= 0.3 is 65.1 Å². The number of aliphatic carboxylic acids is 2. The molecule has 8 heteroatoms. The van der Waals surface area contributed by atoms with Gasteiger partial charge in [0.1, 0.15) is 6.10 Å². The number of allylic oxidation sites excluding steroid dienone is 1. The molecule has 6 nitrogen and oxygen atoms in total. The number of carbonyl (C=O) groups excluding carboxylic acids is 3. The third kappa shape index (κ3) is 5.48. The third-order valence-electron chi connectivity index (χ3n) is 14.8. The molecule has 0 bridgehead atoms. The van der Waals surface area contributed by atoms with Crippen LogP contribution < -0.4 is 69.3 Å². The van der Waals surface area contributed by atoms with Crippen LogP contribution in [0, 0.1) is 62.1 Å². The molecule has 5 aliphatic rings. The van der Waals surface area contributed by atoms with E-state index in [1.807, 2.05) is 0 Å². The van der Waals surface area contributed by atoms with Gasteiger partial charge in [-0.05, 0) is 117 Å². The third-order valence-corrected chi connectivity index (χ3v) is 14.8. The van der Waals surface area contributed by atoms with Crippen LogP contribution in [0.4, 0.5) is 0 Å². The van der Waals surface area contributed by atoms with Gasteiger partial charge in [-0.1, -0.05) is 60.6 Å². The topological polar surface area (TPSA) is 107 Å². The van der Waals surface area contributed by atoms with Gasteiger partial charge in [0.15, 0.2) is 0 Å². The maximum absolute atomic E-state index is 12.9. The molecule has 5 aliphatic carbocycles. The fourth-order valence-corrected chi connectivity index (χ4v) is 12.3. The van der Waals surface area contributed by atoms with Crippen molar-refractivity contribution < 1.29 is 88.4 Å². The molecule has 5 rings (SSSR count). The predicted octanol–water partition coefficient (Wildman–Crippen LogP) is -0.520. The Bertz CT molecular complexity index is 1180. The van der Waals surface area contributed by atoms with Crippen molar-refractivity contribution in [1.82, 2.24) is 0 Å². The standard InChI is InChI=1S/C36H56O6.2Na/c1-21(2)22-12-17-36(30(40)41)19-18-34(8)23(28(22)36)10-11-25-33(7)15-14-26(42-27(37)20-31(3,4)29(38)39)32(5,6)24(33)13-16-35(25,34)9;;/h22-26,28H,1,10-20H2,2-9H3,(H,38,39)(H,40,41);;/q;2*+1/p-2/t22-,23+,24-,25+,26-,28+,33-,34+,35+,36-;;/m0../s1. The molecule has 0 aliphatic heterocycles. The second-order valence-corrected chi connectivity index (χ2v) is 17.3. The van der Waals surface area contributed by atoms with Crippen LogP contribution in [-0.2, 0) is 19.1 Å². The van der Waals surface area contributed by atoms with Gasteiger partial charge in [-0.3, -0.25) is 4.79 Å². The van der Waals surface area contributed by atoms with Gasteiger partial charge in [-0.15, -0.1) is 0 Å². The van der Waals surface area contributed by atoms with Crippen molar-refractivity contribution in [3.8, 4) is 0 Å². The second kappa shape index (κ2) is 12.6. The summed E-state index contributed by atoms with van der Waals surface area (Å²) in [6, 6.07) is 0. The van der Waals surface area contributed by atoms with Crippen LogP contribution in [0.25, 0.3) is 0 Å². The normalized spacial score (nSPS) is 43.8. The smallest absolute Gasteiger partial charge is 0.550 e. The number of ether oxygens (including phenoxy) is 1. The SMILES string of the molecule is C=C(C)[C@@H]1CC[C@]2(C(=O)[O-])CC[C@]3(C)[C@H](CC[C@@H]4[C@@]5(C)CC[C@H](OC(=O)CC(C)(C)C(=O)[O-])C(C)(C)[C@@H]5CC[C@]43C)[C@@H]12.[Na+].[Na+]. The van der Waals surface area contributed by atoms with E-state index in [9.17, 15) is 24.6 Å². The minimum Gasteiger partial charge on any atom is -0.550 e. The molecule has 10 atom stereocenters. The molecule has 0 spiro atoms. The number of rotatable bonds is 6. The van der Waals surface area contributed by atoms with E-state index >= 15 is 0 Å². The van der Waals surface area contributed by atoms with Crippen molar-refractivity contribution >= 4 is 17.9 Å². The van der Waals surface area contributed by atoms with E-state index in [-0.39, 0.29) is 105 Å². The Kier molecular flexibility index (Phi) is 11.0. The van der Waals surface area contributed by atoms with Crippen LogP contribution in [0.5, 0.6) is 0 Å². The summed E-state index contributed by atoms with van der Waals surface area (Å²) in [5, 5.41) is 24.3. The van der Waals surface area contributed by atoms with E-state index < -0.39 is 28.7 Å². The maximum atomic E-state index is 12.9. The van der Waals surface area contributed by atoms with Crippen LogP contribution in [0.2, 0.25) is 0 Å². The Labute approximate surface area is 310 Å². The second-order valence-electron chi connectivity index (χ2n) is 17.3. The number of hydrogen-bond donors (Lipinski definition) is 0. The number of carboxylic acid groups (broad SMARTS) is 2. The molecule has 0 N–H and O–H groups in total. The summed E-state index contributed by atoms with van der Waals surface area (Å²) in [6.45, 7) is 21.5. The van der Waals surface area contributed by atoms with Gasteiger partial charge in [0.25, 0.3) is 0 Å². The van der Waals surface area contributed by atoms with Crippen LogP contribution in [0.15, 0.2) is 12.2 Å². The molecule has 0 unspecified atom stereocenters. The van der Waals surface area contributed by atoms with Crippen molar-refractivity contribution in [3.05, 3.63) is 12.2 Å². The van der Waals surface area contributed by atoms with Crippen molar-refractivity contribution in [2.75, 3.05) is 0 Å². The number of carbonyl (C=O) groups is 3. The molecule has 5 fully saturated rings. The van der Waals surface area contributed by atoms with Crippen LogP contribution >= 0.6 is 0 Å². The van der Waals surface area contributed by atoms with Crippen molar-refractivity contribution in [2.45, 2.75) is 132 Å². The molecule has 5 saturated carbocycles. The number of hydrogen-bond acceptors (Lipinski definition) is 6. The zero-order chi connectivity index (χ0) is 31.3. The van der Waals surface area contributed by atoms with Gasteiger partial charge in [-0.2, -0.15) is 0 Å². The molecule has 0 aromatic carbocycles. The van der Waals surface area contributed by atoms with E-state index in [4.69, 9.17) is 4.74 Å². The fraction of sp³-hybridized carbons (Fsp3) is 0.861. The summed E-state index contributed by atoms with van der Waals surface area (Å²) in [6.07, 6.45) is 8.91. The molecule has 44 heavy (non-hydrogen) atoms. The summed E-state index contributed by atoms with van der Waals surface area (Å²) in [5.41, 5.74) is -0.845. The van der Waals surface area contributed by atoms with Crippen LogP contribution in [0.3, 0.4) is 0 Å². The maximum Gasteiger partial charge on any atom is 1.00 e. The molecule has 0 heterocycles. The molecule has 0 amide bonds. The zero-order valence-corrected chi connectivity index (χ0v) is 33.4. The molecule has 0 aromatic heterocycles. The average molecular weight is 629 g/mol. The first-order valence-corrected chi connectivity index (χ1v) is 16.6. The van der Waals surface area contributed by atoms with Crippen molar-refractivity contribution in [2.24, 2.45) is 62.1 Å². The summed E-state index contributed by atoms with van der Waals surface area (Å²) >= 11 is 0. The molecule has 236 valence electrons. The molecule has 0 radical (unpaired) electrons. The van der Waals surface area contributed by atoms with E-state index in [2.05, 4.69) is 48.1 Å². The molecule has 0 saturated heterocycles. The van der Waals surface area contributed by atoms with E-state index in [0.29, 0.717) is 24.2 Å². The summed E-state index contributed by atoms with van der Waals surface area (Å²) < 4.78 is 6.07. The Balaban J connectivity index is 0.00000264. The van der Waals surface area contributed by atoms with Gasteiger partial charge in [0, 0.05) is 28.2 Å². The Morgan fingerprint density at radius 3 is 2.02 bits per heavy atom. The van der Waals surface area contributed by atoms with Gasteiger partial charge < -0.3 is 24.5 Å². The predicted molar refractivity (Wildman–Crippen MR) is 157 cm³/mol. The summed E-state index contributed by atoms with van der Waals surface area (Å²) in [7, 11) is 0. The number of esters is 1. The molecule has 0 aromatic rings. The first-order chi connectivity index (χ1) is 19.3. The molecular formula is C36H54Na2O6. The van der Waals surface area contributed by atoms with Gasteiger partial charge in [-0.25, -0.2) is 0 Å². The van der Waals surface area contributed by atoms with Crippen LogP contribution in [0.1, 0.15) is 126 Å². The first kappa shape index (κ1) is 38.6. The summed E-state index contributed by atoms with van der Waals surface area (Å²) in [5.74, 6) is -0.919. The quantitative estimate of drug-likeness (QED) is 0.223. The van der Waals surface area contributed by atoms with E-state index in [0.717, 1.165) is 63.4 Å². The Morgan fingerprint density at radius 2 is 1.45 bits per heavy atom. The van der Waals surface area contributed by atoms with Crippen molar-refractivity contribution in [3.63, 3.8) is 0 Å². The average Bonchev–Trinajstić information content (AvgIpc) is 3.27. The van der Waals surface area contributed by atoms with Gasteiger partial charge in [0.2, 0.25) is 0 Å². The van der Waals surface area contributed by atoms with E-state index in [1.54, 1.807) is 0 Å². The molecular weight excluding hydrogens is 574 g/mol. The zero-order valence-electron chi connectivity index (χ0n) is 29.4.